The van der Waals surface area contributed by atoms with E-state index < -0.39 is 5.43 Å². The average Bonchev–Trinajstić information content (AvgIpc) is 2.15. The SMILES string of the molecule is CCc1ccc(OC(=O)Cl)c(C(C)(C)C)c1. The first-order valence-corrected chi connectivity index (χ1v) is 5.73. The summed E-state index contributed by atoms with van der Waals surface area (Å²) in [4.78, 5) is 10.8. The fourth-order valence-corrected chi connectivity index (χ4v) is 1.64. The van der Waals surface area contributed by atoms with Gasteiger partial charge in [0.15, 0.2) is 0 Å². The second-order valence-corrected chi connectivity index (χ2v) is 5.08. The van der Waals surface area contributed by atoms with Crippen molar-refractivity contribution < 1.29 is 9.53 Å². The van der Waals surface area contributed by atoms with Gasteiger partial charge >= 0.3 is 5.43 Å². The van der Waals surface area contributed by atoms with E-state index in [9.17, 15) is 4.79 Å². The monoisotopic (exact) mass is 240 g/mol. The Morgan fingerprint density at radius 2 is 2.00 bits per heavy atom. The van der Waals surface area contributed by atoms with E-state index in [2.05, 4.69) is 33.8 Å². The fourth-order valence-electron chi connectivity index (χ4n) is 1.56. The number of hydrogen-bond acceptors (Lipinski definition) is 2. The highest BCUT2D eigenvalue weighted by Gasteiger charge is 2.20. The van der Waals surface area contributed by atoms with E-state index in [1.807, 2.05) is 6.07 Å². The van der Waals surface area contributed by atoms with Gasteiger partial charge in [0.25, 0.3) is 0 Å². The van der Waals surface area contributed by atoms with Crippen molar-refractivity contribution in [3.63, 3.8) is 0 Å². The molecule has 0 spiro atoms. The molecule has 0 aliphatic rings. The van der Waals surface area contributed by atoms with Gasteiger partial charge in [-0.3, -0.25) is 0 Å². The lowest BCUT2D eigenvalue weighted by molar-refractivity contribution is 0.224. The molecule has 1 rings (SSSR count). The van der Waals surface area contributed by atoms with Gasteiger partial charge in [-0.15, -0.1) is 0 Å². The molecule has 0 atom stereocenters. The molecular weight excluding hydrogens is 224 g/mol. The Morgan fingerprint density at radius 1 is 1.38 bits per heavy atom. The van der Waals surface area contributed by atoms with Crippen LogP contribution in [0, 0.1) is 0 Å². The molecule has 0 N–H and O–H groups in total. The minimum Gasteiger partial charge on any atom is -0.414 e. The first-order valence-electron chi connectivity index (χ1n) is 5.35. The maximum Gasteiger partial charge on any atom is 0.409 e. The average molecular weight is 241 g/mol. The quantitative estimate of drug-likeness (QED) is 0.721. The predicted molar refractivity (Wildman–Crippen MR) is 66.4 cm³/mol. The molecule has 3 heteroatoms. The minimum atomic E-state index is -0.797. The Balaban J connectivity index is 3.22. The predicted octanol–water partition coefficient (Wildman–Crippen LogP) is 4.28. The van der Waals surface area contributed by atoms with Crippen LogP contribution in [0.2, 0.25) is 0 Å². The van der Waals surface area contributed by atoms with Gasteiger partial charge in [0.05, 0.1) is 0 Å². The number of carbonyl (C=O) groups excluding carboxylic acids is 1. The maximum absolute atomic E-state index is 10.8. The normalized spacial score (nSPS) is 11.3. The molecule has 2 nitrogen and oxygen atoms in total. The van der Waals surface area contributed by atoms with Crippen molar-refractivity contribution in [2.75, 3.05) is 0 Å². The van der Waals surface area contributed by atoms with Crippen molar-refractivity contribution >= 4 is 17.0 Å². The first-order chi connectivity index (χ1) is 7.34. The fraction of sp³-hybridized carbons (Fsp3) is 0.462. The Labute approximate surface area is 102 Å². The van der Waals surface area contributed by atoms with Gasteiger partial charge in [-0.05, 0) is 23.5 Å². The van der Waals surface area contributed by atoms with Crippen LogP contribution in [0.3, 0.4) is 0 Å². The molecule has 1 aromatic carbocycles. The molecule has 0 unspecified atom stereocenters. The van der Waals surface area contributed by atoms with E-state index in [0.717, 1.165) is 12.0 Å². The second-order valence-electron chi connectivity index (χ2n) is 4.77. The van der Waals surface area contributed by atoms with Gasteiger partial charge in [-0.1, -0.05) is 39.8 Å². The summed E-state index contributed by atoms with van der Waals surface area (Å²) in [5.74, 6) is 0.546. The standard InChI is InChI=1S/C13H17ClO2/c1-5-9-6-7-11(16-12(14)15)10(8-9)13(2,3)4/h6-8H,5H2,1-4H3. The third kappa shape index (κ3) is 3.24. The van der Waals surface area contributed by atoms with Gasteiger partial charge in [0.1, 0.15) is 5.75 Å². The van der Waals surface area contributed by atoms with Crippen LogP contribution in [0.5, 0.6) is 5.75 Å². The number of hydrogen-bond donors (Lipinski definition) is 0. The lowest BCUT2D eigenvalue weighted by Crippen LogP contribution is -2.14. The zero-order chi connectivity index (χ0) is 12.3. The highest BCUT2D eigenvalue weighted by Crippen LogP contribution is 2.32. The molecule has 1 aromatic rings. The van der Waals surface area contributed by atoms with E-state index in [1.165, 1.54) is 5.56 Å². The summed E-state index contributed by atoms with van der Waals surface area (Å²) in [7, 11) is 0. The van der Waals surface area contributed by atoms with Crippen LogP contribution in [0.1, 0.15) is 38.8 Å². The third-order valence-electron chi connectivity index (χ3n) is 2.45. The van der Waals surface area contributed by atoms with Gasteiger partial charge < -0.3 is 4.74 Å². The zero-order valence-corrected chi connectivity index (χ0v) is 10.9. The molecule has 0 saturated carbocycles. The van der Waals surface area contributed by atoms with E-state index in [-0.39, 0.29) is 5.41 Å². The molecule has 0 amide bonds. The second kappa shape index (κ2) is 4.88. The van der Waals surface area contributed by atoms with Crippen molar-refractivity contribution in [3.8, 4) is 5.75 Å². The van der Waals surface area contributed by atoms with E-state index in [0.29, 0.717) is 5.75 Å². The highest BCUT2D eigenvalue weighted by atomic mass is 35.5. The number of aryl methyl sites for hydroxylation is 1. The van der Waals surface area contributed by atoms with Crippen molar-refractivity contribution in [3.05, 3.63) is 29.3 Å². The summed E-state index contributed by atoms with van der Waals surface area (Å²) in [5.41, 5.74) is 1.35. The molecule has 0 aromatic heterocycles. The van der Waals surface area contributed by atoms with Crippen LogP contribution in [-0.2, 0) is 11.8 Å². The number of benzene rings is 1. The van der Waals surface area contributed by atoms with Crippen molar-refractivity contribution in [2.24, 2.45) is 0 Å². The van der Waals surface area contributed by atoms with Gasteiger partial charge in [-0.25, -0.2) is 4.79 Å². The Hall–Kier alpha value is -1.02. The van der Waals surface area contributed by atoms with E-state index in [1.54, 1.807) is 6.07 Å². The third-order valence-corrected chi connectivity index (χ3v) is 2.53. The molecule has 0 radical (unpaired) electrons. The Bertz CT molecular complexity index is 391. The molecule has 16 heavy (non-hydrogen) atoms. The summed E-state index contributed by atoms with van der Waals surface area (Å²) in [6.07, 6.45) is 0.957. The van der Waals surface area contributed by atoms with Crippen molar-refractivity contribution in [1.82, 2.24) is 0 Å². The molecule has 0 aliphatic carbocycles. The largest absolute Gasteiger partial charge is 0.414 e. The van der Waals surface area contributed by atoms with Gasteiger partial charge in [0.2, 0.25) is 0 Å². The van der Waals surface area contributed by atoms with Gasteiger partial charge in [0, 0.05) is 17.2 Å². The maximum atomic E-state index is 10.8. The molecule has 88 valence electrons. The van der Waals surface area contributed by atoms with Crippen LogP contribution in [0.4, 0.5) is 4.79 Å². The van der Waals surface area contributed by atoms with E-state index in [4.69, 9.17) is 16.3 Å². The number of carbonyl (C=O) groups is 1. The number of ether oxygens (including phenoxy) is 1. The molecule has 0 fully saturated rings. The van der Waals surface area contributed by atoms with Crippen molar-refractivity contribution in [2.45, 2.75) is 39.5 Å². The van der Waals surface area contributed by atoms with Crippen LogP contribution in [-0.4, -0.2) is 5.43 Å². The summed E-state index contributed by atoms with van der Waals surface area (Å²) in [6.45, 7) is 8.32. The topological polar surface area (TPSA) is 26.3 Å². The van der Waals surface area contributed by atoms with E-state index >= 15 is 0 Å². The van der Waals surface area contributed by atoms with Crippen LogP contribution in [0.25, 0.3) is 0 Å². The van der Waals surface area contributed by atoms with Crippen LogP contribution < -0.4 is 4.74 Å². The Morgan fingerprint density at radius 3 is 2.44 bits per heavy atom. The smallest absolute Gasteiger partial charge is 0.409 e. The molecule has 0 bridgehead atoms. The molecule has 0 saturated heterocycles. The highest BCUT2D eigenvalue weighted by molar-refractivity contribution is 6.61. The molecular formula is C13H17ClO2. The minimum absolute atomic E-state index is 0.0765. The number of halogens is 1. The molecule has 0 aliphatic heterocycles. The summed E-state index contributed by atoms with van der Waals surface area (Å²) < 4.78 is 5.00. The molecule has 0 heterocycles. The first kappa shape index (κ1) is 13.0. The lowest BCUT2D eigenvalue weighted by atomic mass is 9.85. The zero-order valence-electron chi connectivity index (χ0n) is 10.1. The van der Waals surface area contributed by atoms with Gasteiger partial charge in [-0.2, -0.15) is 0 Å². The number of rotatable bonds is 2. The van der Waals surface area contributed by atoms with Crippen LogP contribution in [0.15, 0.2) is 18.2 Å². The van der Waals surface area contributed by atoms with Crippen molar-refractivity contribution in [1.29, 1.82) is 0 Å². The van der Waals surface area contributed by atoms with Crippen LogP contribution >= 0.6 is 11.6 Å². The lowest BCUT2D eigenvalue weighted by Gasteiger charge is -2.22. The summed E-state index contributed by atoms with van der Waals surface area (Å²) in [5, 5.41) is 0. The summed E-state index contributed by atoms with van der Waals surface area (Å²) in [6, 6.07) is 5.82. The summed E-state index contributed by atoms with van der Waals surface area (Å²) >= 11 is 5.25. The Kier molecular flexibility index (Phi) is 3.98.